The molecule has 1 aromatic carbocycles. The number of carbonyl (C=O) groups excluding carboxylic acids is 1. The first-order chi connectivity index (χ1) is 11.6. The molecule has 1 amide bonds. The minimum Gasteiger partial charge on any atom is -0.368 e. The lowest BCUT2D eigenvalue weighted by molar-refractivity contribution is -0.116. The summed E-state index contributed by atoms with van der Waals surface area (Å²) < 4.78 is 13.1. The summed E-state index contributed by atoms with van der Waals surface area (Å²) in [7, 11) is 0. The van der Waals surface area contributed by atoms with E-state index in [-0.39, 0.29) is 12.4 Å². The molecule has 0 saturated heterocycles. The molecular weight excluding hydrogens is 327 g/mol. The second kappa shape index (κ2) is 7.17. The van der Waals surface area contributed by atoms with Gasteiger partial charge in [0.2, 0.25) is 5.91 Å². The number of carbonyl (C=O) groups is 1. The lowest BCUT2D eigenvalue weighted by Gasteiger charge is -2.22. The van der Waals surface area contributed by atoms with E-state index >= 15 is 0 Å². The normalized spacial score (nSPS) is 13.8. The number of halogens is 1. The number of primary amides is 1. The third kappa shape index (κ3) is 4.03. The topological polar surface area (TPSA) is 62.5 Å². The zero-order valence-corrected chi connectivity index (χ0v) is 14.4. The van der Waals surface area contributed by atoms with E-state index in [1.165, 1.54) is 25.0 Å². The number of amides is 1. The van der Waals surface area contributed by atoms with Crippen LogP contribution < -0.4 is 15.5 Å². The van der Waals surface area contributed by atoms with Crippen LogP contribution in [0.2, 0.25) is 0 Å². The Kier molecular flexibility index (Phi) is 4.99. The van der Waals surface area contributed by atoms with Crippen molar-refractivity contribution in [3.8, 4) is 0 Å². The number of nitrogens with zero attached hydrogens (tertiary/aromatic N) is 3. The van der Waals surface area contributed by atoms with E-state index in [9.17, 15) is 9.18 Å². The van der Waals surface area contributed by atoms with E-state index < -0.39 is 5.91 Å². The van der Waals surface area contributed by atoms with E-state index in [2.05, 4.69) is 11.8 Å². The van der Waals surface area contributed by atoms with Gasteiger partial charge in [0.15, 0.2) is 5.13 Å². The van der Waals surface area contributed by atoms with Gasteiger partial charge < -0.3 is 15.5 Å². The van der Waals surface area contributed by atoms with Crippen LogP contribution in [0.15, 0.2) is 29.6 Å². The summed E-state index contributed by atoms with van der Waals surface area (Å²) in [6, 6.07) is 6.67. The van der Waals surface area contributed by atoms with Crippen LogP contribution >= 0.6 is 11.3 Å². The van der Waals surface area contributed by atoms with Crippen LogP contribution in [0, 0.1) is 5.82 Å². The molecule has 1 aliphatic rings. The third-order valence-electron chi connectivity index (χ3n) is 4.00. The maximum atomic E-state index is 13.1. The smallest absolute Gasteiger partial charge is 0.236 e. The zero-order valence-electron chi connectivity index (χ0n) is 13.6. The van der Waals surface area contributed by atoms with Gasteiger partial charge in [-0.05, 0) is 44.0 Å². The van der Waals surface area contributed by atoms with E-state index in [0.29, 0.717) is 12.6 Å². The minimum absolute atomic E-state index is 0.0681. The second-order valence-corrected chi connectivity index (χ2v) is 6.77. The van der Waals surface area contributed by atoms with Crippen molar-refractivity contribution in [2.75, 3.05) is 22.9 Å². The second-order valence-electron chi connectivity index (χ2n) is 5.94. The van der Waals surface area contributed by atoms with Crippen LogP contribution in [-0.2, 0) is 11.3 Å². The fourth-order valence-corrected chi connectivity index (χ4v) is 3.66. The summed E-state index contributed by atoms with van der Waals surface area (Å²) in [5, 5.41) is 3.03. The molecule has 1 fully saturated rings. The molecule has 0 radical (unpaired) electrons. The van der Waals surface area contributed by atoms with Crippen molar-refractivity contribution < 1.29 is 9.18 Å². The van der Waals surface area contributed by atoms with Crippen molar-refractivity contribution in [2.45, 2.75) is 32.4 Å². The predicted octanol–water partition coefficient (Wildman–Crippen LogP) is 2.76. The number of hydrogen-bond donors (Lipinski definition) is 1. The molecule has 128 valence electrons. The first-order valence-electron chi connectivity index (χ1n) is 8.06. The van der Waals surface area contributed by atoms with E-state index in [4.69, 9.17) is 10.7 Å². The van der Waals surface area contributed by atoms with E-state index in [0.717, 1.165) is 23.1 Å². The first kappa shape index (κ1) is 16.7. The molecule has 3 rings (SSSR count). The van der Waals surface area contributed by atoms with Crippen LogP contribution in [0.5, 0.6) is 0 Å². The molecule has 0 unspecified atom stereocenters. The van der Waals surface area contributed by atoms with Crippen molar-refractivity contribution in [3.63, 3.8) is 0 Å². The number of aromatic nitrogens is 1. The van der Waals surface area contributed by atoms with Crippen LogP contribution in [0.3, 0.4) is 0 Å². The van der Waals surface area contributed by atoms with Crippen LogP contribution in [0.4, 0.5) is 15.2 Å². The molecule has 0 bridgehead atoms. The van der Waals surface area contributed by atoms with Crippen LogP contribution in [0.1, 0.15) is 25.5 Å². The number of benzene rings is 1. The maximum Gasteiger partial charge on any atom is 0.236 e. The zero-order chi connectivity index (χ0) is 17.1. The SMILES string of the molecule is CCN(c1nc(CN(CC(N)=O)c2ccc(F)cc2)cs1)C1CC1. The van der Waals surface area contributed by atoms with Crippen molar-refractivity contribution in [1.29, 1.82) is 0 Å². The highest BCUT2D eigenvalue weighted by Gasteiger charge is 2.29. The molecule has 24 heavy (non-hydrogen) atoms. The Labute approximate surface area is 144 Å². The summed E-state index contributed by atoms with van der Waals surface area (Å²) in [6.07, 6.45) is 2.46. The molecule has 0 aliphatic heterocycles. The largest absolute Gasteiger partial charge is 0.368 e. The van der Waals surface area contributed by atoms with Gasteiger partial charge in [0.1, 0.15) is 5.82 Å². The molecule has 2 aromatic rings. The van der Waals surface area contributed by atoms with Gasteiger partial charge in [-0.2, -0.15) is 0 Å². The lowest BCUT2D eigenvalue weighted by Crippen LogP contribution is -2.33. The Morgan fingerprint density at radius 2 is 2.08 bits per heavy atom. The number of anilines is 2. The Bertz CT molecular complexity index is 699. The van der Waals surface area contributed by atoms with E-state index in [1.807, 2.05) is 10.3 Å². The highest BCUT2D eigenvalue weighted by atomic mass is 32.1. The van der Waals surface area contributed by atoms with Crippen molar-refractivity contribution in [3.05, 3.63) is 41.2 Å². The quantitative estimate of drug-likeness (QED) is 0.797. The number of hydrogen-bond acceptors (Lipinski definition) is 5. The van der Waals surface area contributed by atoms with Gasteiger partial charge in [0, 0.05) is 23.7 Å². The molecule has 7 heteroatoms. The average molecular weight is 348 g/mol. The molecule has 1 aromatic heterocycles. The van der Waals surface area contributed by atoms with Crippen LogP contribution in [0.25, 0.3) is 0 Å². The standard InChI is InChI=1S/C17H21FN4OS/c1-2-22(15-7-8-15)17-20-13(11-24-17)9-21(10-16(19)23)14-5-3-12(18)4-6-14/h3-6,11,15H,2,7-10H2,1H3,(H2,19,23). The van der Waals surface area contributed by atoms with Crippen LogP contribution in [-0.4, -0.2) is 30.0 Å². The summed E-state index contributed by atoms with van der Waals surface area (Å²) >= 11 is 1.62. The monoisotopic (exact) mass is 348 g/mol. The molecule has 2 N–H and O–H groups in total. The molecule has 0 spiro atoms. The summed E-state index contributed by atoms with van der Waals surface area (Å²) in [5.74, 6) is -0.736. The Balaban J connectivity index is 1.76. The van der Waals surface area contributed by atoms with Gasteiger partial charge in [-0.3, -0.25) is 4.79 Å². The molecule has 1 heterocycles. The average Bonchev–Trinajstić information content (AvgIpc) is 3.27. The molecule has 1 saturated carbocycles. The van der Waals surface area contributed by atoms with Crippen molar-refractivity contribution >= 4 is 28.1 Å². The molecule has 0 atom stereocenters. The van der Waals surface area contributed by atoms with Crippen molar-refractivity contribution in [2.24, 2.45) is 5.73 Å². The number of nitrogens with two attached hydrogens (primary N) is 1. The first-order valence-corrected chi connectivity index (χ1v) is 8.94. The van der Waals surface area contributed by atoms with Crippen molar-refractivity contribution in [1.82, 2.24) is 4.98 Å². The maximum absolute atomic E-state index is 13.1. The van der Waals surface area contributed by atoms with Gasteiger partial charge >= 0.3 is 0 Å². The summed E-state index contributed by atoms with van der Waals surface area (Å²) in [5.41, 5.74) is 6.99. The Morgan fingerprint density at radius 3 is 2.67 bits per heavy atom. The molecule has 1 aliphatic carbocycles. The summed E-state index contributed by atoms with van der Waals surface area (Å²) in [6.45, 7) is 3.61. The van der Waals surface area contributed by atoms with Gasteiger partial charge in [-0.15, -0.1) is 11.3 Å². The molecule has 5 nitrogen and oxygen atoms in total. The number of rotatable bonds is 8. The molecular formula is C17H21FN4OS. The summed E-state index contributed by atoms with van der Waals surface area (Å²) in [4.78, 5) is 20.2. The third-order valence-corrected chi connectivity index (χ3v) is 4.93. The van der Waals surface area contributed by atoms with Gasteiger partial charge in [0.25, 0.3) is 0 Å². The predicted molar refractivity (Wildman–Crippen MR) is 94.8 cm³/mol. The fraction of sp³-hybridized carbons (Fsp3) is 0.412. The lowest BCUT2D eigenvalue weighted by atomic mass is 10.2. The highest BCUT2D eigenvalue weighted by Crippen LogP contribution is 2.33. The Hall–Kier alpha value is -2.15. The Morgan fingerprint density at radius 1 is 1.38 bits per heavy atom. The highest BCUT2D eigenvalue weighted by molar-refractivity contribution is 7.13. The number of thiazole rings is 1. The fourth-order valence-electron chi connectivity index (χ4n) is 2.71. The van der Waals surface area contributed by atoms with Gasteiger partial charge in [0.05, 0.1) is 18.8 Å². The van der Waals surface area contributed by atoms with Gasteiger partial charge in [-0.1, -0.05) is 0 Å². The van der Waals surface area contributed by atoms with E-state index in [1.54, 1.807) is 23.5 Å². The minimum atomic E-state index is -0.428. The van der Waals surface area contributed by atoms with Gasteiger partial charge in [-0.25, -0.2) is 9.37 Å².